The highest BCUT2D eigenvalue weighted by Crippen LogP contribution is 2.28. The molecule has 1 unspecified atom stereocenters. The molecule has 5 nitrogen and oxygen atoms in total. The van der Waals surface area contributed by atoms with Crippen LogP contribution < -0.4 is 5.48 Å². The van der Waals surface area contributed by atoms with Crippen molar-refractivity contribution in [2.45, 2.75) is 45.3 Å². The van der Waals surface area contributed by atoms with Crippen molar-refractivity contribution in [2.24, 2.45) is 5.92 Å². The van der Waals surface area contributed by atoms with E-state index in [4.69, 9.17) is 9.57 Å². The summed E-state index contributed by atoms with van der Waals surface area (Å²) < 4.78 is 6.26. The Morgan fingerprint density at radius 2 is 2.11 bits per heavy atom. The molecule has 2 heterocycles. The number of nitrogens with one attached hydrogen (secondary N) is 1. The van der Waals surface area contributed by atoms with Crippen LogP contribution in [0.5, 0.6) is 0 Å². The first kappa shape index (κ1) is 14.7. The molecule has 0 aliphatic carbocycles. The van der Waals surface area contributed by atoms with Gasteiger partial charge in [0, 0.05) is 13.1 Å². The van der Waals surface area contributed by atoms with E-state index in [1.54, 1.807) is 4.90 Å². The number of piperidine rings is 1. The molecule has 0 spiro atoms. The Morgan fingerprint density at radius 1 is 1.47 bits per heavy atom. The first-order valence-electron chi connectivity index (χ1n) is 6.62. The summed E-state index contributed by atoms with van der Waals surface area (Å²) in [5.74, 6) is 0.446. The second kappa shape index (κ2) is 5.71. The molecule has 2 aliphatic rings. The number of likely N-dealkylation sites (tertiary alicyclic amines) is 1. The molecule has 6 heteroatoms. The molecule has 0 aromatic rings. The van der Waals surface area contributed by atoms with Crippen molar-refractivity contribution in [3.05, 3.63) is 10.7 Å². The topological polar surface area (TPSA) is 50.8 Å². The lowest BCUT2D eigenvalue weighted by Crippen LogP contribution is -2.43. The molecule has 2 aliphatic heterocycles. The maximum atomic E-state index is 11.9. The maximum Gasteiger partial charge on any atom is 0.410 e. The van der Waals surface area contributed by atoms with Crippen molar-refractivity contribution in [2.75, 3.05) is 13.1 Å². The van der Waals surface area contributed by atoms with Gasteiger partial charge in [0.2, 0.25) is 0 Å². The average Bonchev–Trinajstić information content (AvgIpc) is 2.74. The van der Waals surface area contributed by atoms with Gasteiger partial charge >= 0.3 is 6.09 Å². The Hall–Kier alpha value is -0.750. The second-order valence-electron chi connectivity index (χ2n) is 6.00. The van der Waals surface area contributed by atoms with Gasteiger partial charge in [-0.25, -0.2) is 4.79 Å². The zero-order valence-corrected chi connectivity index (χ0v) is 13.2. The van der Waals surface area contributed by atoms with Crippen LogP contribution in [0.2, 0.25) is 0 Å². The number of rotatable bonds is 1. The Morgan fingerprint density at radius 3 is 2.58 bits per heavy atom. The lowest BCUT2D eigenvalue weighted by molar-refractivity contribution is -0.0153. The van der Waals surface area contributed by atoms with Gasteiger partial charge in [-0.05, 0) is 61.5 Å². The van der Waals surface area contributed by atoms with Gasteiger partial charge in [-0.1, -0.05) is 0 Å². The number of hydroxylamine groups is 1. The quantitative estimate of drug-likeness (QED) is 0.750. The van der Waals surface area contributed by atoms with Crippen LogP contribution in [0.3, 0.4) is 0 Å². The molecule has 0 radical (unpaired) electrons. The van der Waals surface area contributed by atoms with Crippen molar-refractivity contribution >= 4 is 22.0 Å². The summed E-state index contributed by atoms with van der Waals surface area (Å²) in [4.78, 5) is 19.2. The third-order valence-electron chi connectivity index (χ3n) is 3.26. The Kier molecular flexibility index (Phi) is 4.40. The van der Waals surface area contributed by atoms with Gasteiger partial charge in [-0.2, -0.15) is 0 Å². The maximum absolute atomic E-state index is 11.9. The summed E-state index contributed by atoms with van der Waals surface area (Å²) in [5, 5.41) is 0. The number of carbonyl (C=O) groups is 1. The van der Waals surface area contributed by atoms with Crippen LogP contribution in [0.15, 0.2) is 10.7 Å². The van der Waals surface area contributed by atoms with E-state index in [1.165, 1.54) is 0 Å². The van der Waals surface area contributed by atoms with Gasteiger partial charge in [0.15, 0.2) is 0 Å². The molecule has 0 bridgehead atoms. The first-order chi connectivity index (χ1) is 8.85. The van der Waals surface area contributed by atoms with E-state index in [9.17, 15) is 4.79 Å². The first-order valence-corrected chi connectivity index (χ1v) is 7.41. The van der Waals surface area contributed by atoms with Crippen LogP contribution >= 0.6 is 15.9 Å². The molecule has 108 valence electrons. The van der Waals surface area contributed by atoms with Crippen LogP contribution in [0.1, 0.15) is 33.6 Å². The smallest absolute Gasteiger partial charge is 0.410 e. The number of hydrogen-bond acceptors (Lipinski definition) is 4. The molecular formula is C13H21BrN2O3. The van der Waals surface area contributed by atoms with E-state index >= 15 is 0 Å². The molecule has 19 heavy (non-hydrogen) atoms. The number of ether oxygens (including phenoxy) is 1. The van der Waals surface area contributed by atoms with Gasteiger partial charge in [0.25, 0.3) is 0 Å². The summed E-state index contributed by atoms with van der Waals surface area (Å²) >= 11 is 3.35. The minimum absolute atomic E-state index is 0.0927. The Labute approximate surface area is 122 Å². The molecule has 0 aromatic heterocycles. The lowest BCUT2D eigenvalue weighted by atomic mass is 9.91. The number of halogens is 1. The van der Waals surface area contributed by atoms with E-state index in [0.29, 0.717) is 5.92 Å². The van der Waals surface area contributed by atoms with Gasteiger partial charge in [-0.3, -0.25) is 10.3 Å². The van der Waals surface area contributed by atoms with Crippen LogP contribution in [-0.4, -0.2) is 35.8 Å². The number of nitrogens with zero attached hydrogens (tertiary/aromatic N) is 1. The van der Waals surface area contributed by atoms with Crippen molar-refractivity contribution < 1.29 is 14.4 Å². The standard InChI is InChI=1S/C13H21BrN2O3/c1-13(2,3)18-12(17)16-6-4-9(5-7-16)10-8-11(14)15-19-10/h8-10,15H,4-7H2,1-3H3. The van der Waals surface area contributed by atoms with E-state index < -0.39 is 5.60 Å². The predicted molar refractivity (Wildman–Crippen MR) is 75.5 cm³/mol. The molecule has 0 saturated carbocycles. The summed E-state index contributed by atoms with van der Waals surface area (Å²) in [6.07, 6.45) is 3.78. The van der Waals surface area contributed by atoms with Gasteiger partial charge < -0.3 is 9.64 Å². The SMILES string of the molecule is CC(C)(C)OC(=O)N1CCC(C2C=C(Br)NO2)CC1. The van der Waals surface area contributed by atoms with Crippen LogP contribution in [0.25, 0.3) is 0 Å². The van der Waals surface area contributed by atoms with E-state index in [1.807, 2.05) is 26.8 Å². The molecule has 1 N–H and O–H groups in total. The highest BCUT2D eigenvalue weighted by Gasteiger charge is 2.32. The monoisotopic (exact) mass is 332 g/mol. The number of hydrogen-bond donors (Lipinski definition) is 1. The largest absolute Gasteiger partial charge is 0.444 e. The molecule has 0 aromatic carbocycles. The van der Waals surface area contributed by atoms with Crippen molar-refractivity contribution in [3.63, 3.8) is 0 Å². The number of carbonyl (C=O) groups excluding carboxylic acids is 1. The highest BCUT2D eigenvalue weighted by molar-refractivity contribution is 9.11. The minimum Gasteiger partial charge on any atom is -0.444 e. The van der Waals surface area contributed by atoms with E-state index in [0.717, 1.165) is 30.5 Å². The van der Waals surface area contributed by atoms with Gasteiger partial charge in [-0.15, -0.1) is 0 Å². The van der Waals surface area contributed by atoms with Crippen LogP contribution in [0, 0.1) is 5.92 Å². The summed E-state index contributed by atoms with van der Waals surface area (Å²) in [6, 6.07) is 0. The third kappa shape index (κ3) is 4.11. The summed E-state index contributed by atoms with van der Waals surface area (Å²) in [7, 11) is 0. The minimum atomic E-state index is -0.431. The molecule has 1 atom stereocenters. The molecule has 1 saturated heterocycles. The van der Waals surface area contributed by atoms with E-state index in [-0.39, 0.29) is 12.2 Å². The van der Waals surface area contributed by atoms with Gasteiger partial charge in [0.05, 0.1) is 0 Å². The second-order valence-corrected chi connectivity index (χ2v) is 6.86. The fraction of sp³-hybridized carbons (Fsp3) is 0.769. The lowest BCUT2D eigenvalue weighted by Gasteiger charge is -2.34. The fourth-order valence-electron chi connectivity index (χ4n) is 2.31. The zero-order valence-electron chi connectivity index (χ0n) is 11.6. The molecule has 1 amide bonds. The Bertz CT molecular complexity index is 371. The van der Waals surface area contributed by atoms with Gasteiger partial charge in [0.1, 0.15) is 16.3 Å². The molecule has 2 rings (SSSR count). The van der Waals surface area contributed by atoms with Crippen molar-refractivity contribution in [3.8, 4) is 0 Å². The Balaban J connectivity index is 1.81. The predicted octanol–water partition coefficient (Wildman–Crippen LogP) is 2.77. The molecular weight excluding hydrogens is 312 g/mol. The summed E-state index contributed by atoms with van der Waals surface area (Å²) in [6.45, 7) is 7.11. The normalized spacial score (nSPS) is 24.9. The third-order valence-corrected chi connectivity index (χ3v) is 3.69. The van der Waals surface area contributed by atoms with Crippen LogP contribution in [0.4, 0.5) is 4.79 Å². The van der Waals surface area contributed by atoms with E-state index in [2.05, 4.69) is 21.4 Å². The average molecular weight is 333 g/mol. The highest BCUT2D eigenvalue weighted by atomic mass is 79.9. The fourth-order valence-corrected chi connectivity index (χ4v) is 2.66. The number of amides is 1. The zero-order chi connectivity index (χ0) is 14.0. The summed E-state index contributed by atoms with van der Waals surface area (Å²) in [5.41, 5.74) is 2.37. The molecule has 1 fully saturated rings. The van der Waals surface area contributed by atoms with Crippen LogP contribution in [-0.2, 0) is 9.57 Å². The van der Waals surface area contributed by atoms with Crippen molar-refractivity contribution in [1.82, 2.24) is 10.4 Å². The van der Waals surface area contributed by atoms with Crippen molar-refractivity contribution in [1.29, 1.82) is 0 Å².